The number of rotatable bonds is 6. The van der Waals surface area contributed by atoms with Crippen LogP contribution in [0.4, 0.5) is 0 Å². The van der Waals surface area contributed by atoms with Gasteiger partial charge in [0.1, 0.15) is 0 Å². The summed E-state index contributed by atoms with van der Waals surface area (Å²) in [5.74, 6) is 1.51. The largest absolute Gasteiger partial charge is 0.493 e. The number of carbonyl (C=O) groups is 1. The van der Waals surface area contributed by atoms with Crippen molar-refractivity contribution in [2.75, 3.05) is 28.4 Å². The first-order valence-electron chi connectivity index (χ1n) is 10.9. The van der Waals surface area contributed by atoms with Crippen molar-refractivity contribution in [3.63, 3.8) is 0 Å². The highest BCUT2D eigenvalue weighted by molar-refractivity contribution is 5.94. The number of carbonyl (C=O) groups excluding carboxylic acids is 1. The summed E-state index contributed by atoms with van der Waals surface area (Å²) in [5, 5.41) is 3.12. The van der Waals surface area contributed by atoms with Gasteiger partial charge in [0.25, 0.3) is 5.91 Å². The first-order chi connectivity index (χ1) is 16.5. The van der Waals surface area contributed by atoms with E-state index in [1.54, 1.807) is 39.5 Å². The fourth-order valence-corrected chi connectivity index (χ4v) is 4.45. The Morgan fingerprint density at radius 3 is 2.21 bits per heavy atom. The number of methoxy groups -OCH3 is 4. The Kier molecular flexibility index (Phi) is 6.72. The Labute approximate surface area is 198 Å². The number of fused-ring (bicyclic) bond motifs is 3. The summed E-state index contributed by atoms with van der Waals surface area (Å²) in [6.45, 7) is 0. The first kappa shape index (κ1) is 23.2. The monoisotopic (exact) mass is 461 g/mol. The van der Waals surface area contributed by atoms with Crippen LogP contribution in [-0.2, 0) is 6.42 Å². The van der Waals surface area contributed by atoms with Gasteiger partial charge >= 0.3 is 0 Å². The van der Waals surface area contributed by atoms with Crippen LogP contribution in [0.3, 0.4) is 0 Å². The highest BCUT2D eigenvalue weighted by Crippen LogP contribution is 2.50. The normalized spacial score (nSPS) is 14.2. The predicted molar refractivity (Wildman–Crippen MR) is 129 cm³/mol. The van der Waals surface area contributed by atoms with E-state index in [1.807, 2.05) is 30.3 Å². The fourth-order valence-electron chi connectivity index (χ4n) is 4.45. The summed E-state index contributed by atoms with van der Waals surface area (Å²) in [6.07, 6.45) is 1.19. The first-order valence-corrected chi connectivity index (χ1v) is 10.9. The van der Waals surface area contributed by atoms with Crippen molar-refractivity contribution >= 4 is 5.91 Å². The quantitative estimate of drug-likeness (QED) is 0.593. The van der Waals surface area contributed by atoms with E-state index in [2.05, 4.69) is 5.32 Å². The van der Waals surface area contributed by atoms with Gasteiger partial charge in [-0.05, 0) is 59.9 Å². The van der Waals surface area contributed by atoms with Gasteiger partial charge in [-0.15, -0.1) is 0 Å². The molecule has 0 spiro atoms. The third-order valence-corrected chi connectivity index (χ3v) is 6.06. The molecule has 0 saturated carbocycles. The van der Waals surface area contributed by atoms with E-state index < -0.39 is 6.04 Å². The minimum atomic E-state index is -0.415. The van der Waals surface area contributed by atoms with E-state index in [1.165, 1.54) is 13.2 Å². The zero-order valence-corrected chi connectivity index (χ0v) is 19.6. The minimum Gasteiger partial charge on any atom is -0.493 e. The molecular formula is C27H27NO6. The van der Waals surface area contributed by atoms with Crippen molar-refractivity contribution in [3.8, 4) is 34.1 Å². The molecule has 7 nitrogen and oxygen atoms in total. The van der Waals surface area contributed by atoms with Crippen molar-refractivity contribution in [3.05, 3.63) is 81.5 Å². The van der Waals surface area contributed by atoms with Crippen molar-refractivity contribution in [2.24, 2.45) is 0 Å². The van der Waals surface area contributed by atoms with Gasteiger partial charge < -0.3 is 24.3 Å². The van der Waals surface area contributed by atoms with Gasteiger partial charge in [-0.25, -0.2) is 0 Å². The number of nitrogens with one attached hydrogen (secondary N) is 1. The molecule has 1 amide bonds. The van der Waals surface area contributed by atoms with E-state index >= 15 is 0 Å². The maximum Gasteiger partial charge on any atom is 0.251 e. The van der Waals surface area contributed by atoms with Crippen LogP contribution in [0.5, 0.6) is 23.0 Å². The van der Waals surface area contributed by atoms with Crippen molar-refractivity contribution < 1.29 is 23.7 Å². The lowest BCUT2D eigenvalue weighted by molar-refractivity contribution is 0.0935. The van der Waals surface area contributed by atoms with E-state index in [0.29, 0.717) is 41.2 Å². The SMILES string of the molecule is COc1cc2c(c(OC)c1OC)-c1ccc(OC)c(=O)cc1[C@@H](NC(=O)c1ccccc1)CC2. The molecule has 0 fully saturated rings. The number of aryl methyl sites for hydroxylation is 1. The van der Waals surface area contributed by atoms with Crippen LogP contribution in [-0.4, -0.2) is 34.3 Å². The molecule has 1 atom stereocenters. The van der Waals surface area contributed by atoms with Crippen LogP contribution in [0.2, 0.25) is 0 Å². The molecule has 0 aliphatic heterocycles. The third-order valence-electron chi connectivity index (χ3n) is 6.06. The molecule has 4 rings (SSSR count). The Balaban J connectivity index is 1.95. The molecule has 0 saturated heterocycles. The van der Waals surface area contributed by atoms with E-state index in [-0.39, 0.29) is 17.1 Å². The Morgan fingerprint density at radius 2 is 1.56 bits per heavy atom. The Morgan fingerprint density at radius 1 is 0.853 bits per heavy atom. The average Bonchev–Trinajstić information content (AvgIpc) is 3.11. The van der Waals surface area contributed by atoms with Gasteiger partial charge in [0, 0.05) is 11.1 Å². The second-order valence-electron chi connectivity index (χ2n) is 7.89. The molecule has 0 radical (unpaired) electrons. The zero-order valence-electron chi connectivity index (χ0n) is 19.6. The van der Waals surface area contributed by atoms with Crippen LogP contribution in [0.25, 0.3) is 11.1 Å². The molecule has 176 valence electrons. The second-order valence-corrected chi connectivity index (χ2v) is 7.89. The smallest absolute Gasteiger partial charge is 0.251 e. The van der Waals surface area contributed by atoms with Gasteiger partial charge in [-0.1, -0.05) is 24.3 Å². The van der Waals surface area contributed by atoms with Gasteiger partial charge in [0.2, 0.25) is 11.2 Å². The van der Waals surface area contributed by atoms with Gasteiger partial charge in [0.15, 0.2) is 17.2 Å². The van der Waals surface area contributed by atoms with E-state index in [0.717, 1.165) is 16.7 Å². The summed E-state index contributed by atoms with van der Waals surface area (Å²) in [6, 6.07) is 15.5. The minimum absolute atomic E-state index is 0.210. The van der Waals surface area contributed by atoms with Crippen molar-refractivity contribution in [2.45, 2.75) is 18.9 Å². The lowest BCUT2D eigenvalue weighted by atomic mass is 9.95. The summed E-state index contributed by atoms with van der Waals surface area (Å²) in [4.78, 5) is 26.0. The fraction of sp³-hybridized carbons (Fsp3) is 0.259. The van der Waals surface area contributed by atoms with Gasteiger partial charge in [-0.2, -0.15) is 0 Å². The molecule has 7 heteroatoms. The number of benzene rings is 2. The van der Waals surface area contributed by atoms with Crippen molar-refractivity contribution in [1.29, 1.82) is 0 Å². The summed E-state index contributed by atoms with van der Waals surface area (Å²) in [5.41, 5.74) is 3.47. The molecule has 1 aliphatic carbocycles. The van der Waals surface area contributed by atoms with Crippen LogP contribution in [0.15, 0.2) is 59.4 Å². The Hall–Kier alpha value is -4.00. The average molecular weight is 462 g/mol. The maximum atomic E-state index is 13.0. The summed E-state index contributed by atoms with van der Waals surface area (Å²) < 4.78 is 22.2. The molecule has 0 aromatic heterocycles. The third kappa shape index (κ3) is 4.17. The topological polar surface area (TPSA) is 83.1 Å². The van der Waals surface area contributed by atoms with Crippen LogP contribution >= 0.6 is 0 Å². The summed E-state index contributed by atoms with van der Waals surface area (Å²) in [7, 11) is 6.15. The molecule has 1 aliphatic rings. The van der Waals surface area contributed by atoms with Crippen LogP contribution < -0.4 is 29.7 Å². The van der Waals surface area contributed by atoms with E-state index in [4.69, 9.17) is 18.9 Å². The van der Waals surface area contributed by atoms with Gasteiger partial charge in [0.05, 0.1) is 34.5 Å². The lowest BCUT2D eigenvalue weighted by Crippen LogP contribution is -2.29. The van der Waals surface area contributed by atoms with E-state index in [9.17, 15) is 9.59 Å². The predicted octanol–water partition coefficient (Wildman–Crippen LogP) is 4.17. The molecule has 1 N–H and O–H groups in total. The molecule has 0 unspecified atom stereocenters. The van der Waals surface area contributed by atoms with Crippen LogP contribution in [0.1, 0.15) is 33.9 Å². The second kappa shape index (κ2) is 9.87. The van der Waals surface area contributed by atoms with Crippen molar-refractivity contribution in [1.82, 2.24) is 5.32 Å². The molecule has 3 aromatic carbocycles. The molecular weight excluding hydrogens is 434 g/mol. The molecule has 34 heavy (non-hydrogen) atoms. The number of amides is 1. The van der Waals surface area contributed by atoms with Crippen LogP contribution in [0, 0.1) is 0 Å². The molecule has 0 heterocycles. The Bertz CT molecular complexity index is 1270. The standard InChI is InChI=1S/C27H27NO6/c1-31-22-13-11-18-19(15-21(22)29)20(28-27(30)16-8-6-5-7-9-16)12-10-17-14-23(32-2)25(33-3)26(34-4)24(17)18/h5-9,11,13-15,20H,10,12H2,1-4H3,(H,28,30)/t20-/m0/s1. The maximum absolute atomic E-state index is 13.0. The summed E-state index contributed by atoms with van der Waals surface area (Å²) >= 11 is 0. The molecule has 3 aromatic rings. The number of hydrogen-bond donors (Lipinski definition) is 1. The zero-order chi connectivity index (χ0) is 24.2. The number of hydrogen-bond acceptors (Lipinski definition) is 6. The highest BCUT2D eigenvalue weighted by atomic mass is 16.5. The van der Waals surface area contributed by atoms with Gasteiger partial charge in [-0.3, -0.25) is 9.59 Å². The molecule has 0 bridgehead atoms. The number of ether oxygens (including phenoxy) is 4. The lowest BCUT2D eigenvalue weighted by Gasteiger charge is -2.20. The highest BCUT2D eigenvalue weighted by Gasteiger charge is 2.30.